The zero-order valence-corrected chi connectivity index (χ0v) is 14.1. The third-order valence-corrected chi connectivity index (χ3v) is 4.58. The lowest BCUT2D eigenvalue weighted by Crippen LogP contribution is -2.18. The number of anilines is 1. The van der Waals surface area contributed by atoms with Crippen LogP contribution in [0.1, 0.15) is 33.9 Å². The lowest BCUT2D eigenvalue weighted by Gasteiger charge is -2.24. The molecule has 1 heterocycles. The Bertz CT molecular complexity index is 935. The molecular weight excluding hydrogens is 324 g/mol. The van der Waals surface area contributed by atoms with Crippen LogP contribution in [0.2, 0.25) is 0 Å². The van der Waals surface area contributed by atoms with E-state index in [4.69, 9.17) is 10.2 Å². The van der Waals surface area contributed by atoms with Crippen molar-refractivity contribution in [3.8, 4) is 0 Å². The molecule has 128 valence electrons. The Labute approximate surface area is 152 Å². The molecule has 4 heteroatoms. The number of carbonyl (C=O) groups is 1. The Morgan fingerprint density at radius 1 is 0.885 bits per heavy atom. The Morgan fingerprint density at radius 2 is 1.50 bits per heavy atom. The van der Waals surface area contributed by atoms with Gasteiger partial charge in [-0.25, -0.2) is 4.79 Å². The molecule has 0 fully saturated rings. The predicted octanol–water partition coefficient (Wildman–Crippen LogP) is 4.74. The molecule has 1 N–H and O–H groups in total. The van der Waals surface area contributed by atoms with E-state index in [1.165, 1.54) is 5.56 Å². The second-order valence-electron chi connectivity index (χ2n) is 6.24. The van der Waals surface area contributed by atoms with Gasteiger partial charge in [0.1, 0.15) is 0 Å². The van der Waals surface area contributed by atoms with Gasteiger partial charge in [-0.3, -0.25) is 5.01 Å². The first-order chi connectivity index (χ1) is 12.7. The van der Waals surface area contributed by atoms with Crippen LogP contribution in [-0.2, 0) is 0 Å². The van der Waals surface area contributed by atoms with E-state index in [0.717, 1.165) is 23.4 Å². The molecule has 0 unspecified atom stereocenters. The number of hydrogen-bond donors (Lipinski definition) is 1. The third-order valence-electron chi connectivity index (χ3n) is 4.58. The van der Waals surface area contributed by atoms with Crippen LogP contribution in [-0.4, -0.2) is 16.8 Å². The monoisotopic (exact) mass is 342 g/mol. The minimum absolute atomic E-state index is 0.0853. The molecule has 1 atom stereocenters. The summed E-state index contributed by atoms with van der Waals surface area (Å²) in [6.45, 7) is 0. The van der Waals surface area contributed by atoms with Crippen LogP contribution in [0.4, 0.5) is 5.69 Å². The normalized spacial score (nSPS) is 16.4. The van der Waals surface area contributed by atoms with Crippen LogP contribution in [0.5, 0.6) is 0 Å². The molecule has 0 aromatic heterocycles. The second kappa shape index (κ2) is 6.84. The van der Waals surface area contributed by atoms with Crippen molar-refractivity contribution in [2.45, 2.75) is 12.5 Å². The van der Waals surface area contributed by atoms with Gasteiger partial charge in [0.05, 0.1) is 23.0 Å². The highest BCUT2D eigenvalue weighted by molar-refractivity contribution is 6.03. The molecule has 0 saturated carbocycles. The molecule has 0 amide bonds. The maximum Gasteiger partial charge on any atom is 0.335 e. The van der Waals surface area contributed by atoms with Crippen LogP contribution in [0, 0.1) is 0 Å². The molecule has 3 aromatic carbocycles. The van der Waals surface area contributed by atoms with E-state index in [-0.39, 0.29) is 11.6 Å². The zero-order chi connectivity index (χ0) is 17.9. The highest BCUT2D eigenvalue weighted by Gasteiger charge is 2.29. The van der Waals surface area contributed by atoms with E-state index in [9.17, 15) is 4.79 Å². The minimum Gasteiger partial charge on any atom is -0.478 e. The van der Waals surface area contributed by atoms with Crippen molar-refractivity contribution < 1.29 is 9.90 Å². The number of aromatic carboxylic acids is 1. The molecular formula is C22H18N2O2. The quantitative estimate of drug-likeness (QED) is 0.745. The van der Waals surface area contributed by atoms with Crippen molar-refractivity contribution in [2.75, 3.05) is 5.01 Å². The molecule has 4 rings (SSSR count). The standard InChI is InChI=1S/C22H18N2O2/c25-22(26)18-11-13-19(14-12-18)24-21(17-9-5-2-6-10-17)15-20(23-24)16-7-3-1-4-8-16/h1-14,21H,15H2,(H,25,26)/t21-/m1/s1. The van der Waals surface area contributed by atoms with E-state index in [2.05, 4.69) is 24.3 Å². The smallest absolute Gasteiger partial charge is 0.335 e. The highest BCUT2D eigenvalue weighted by atomic mass is 16.4. The maximum absolute atomic E-state index is 11.1. The molecule has 0 radical (unpaired) electrons. The first-order valence-electron chi connectivity index (χ1n) is 8.53. The summed E-state index contributed by atoms with van der Waals surface area (Å²) in [5.41, 5.74) is 4.48. The SMILES string of the molecule is O=C(O)c1ccc(N2N=C(c3ccccc3)C[C@@H]2c2ccccc2)cc1. The lowest BCUT2D eigenvalue weighted by molar-refractivity contribution is 0.0697. The molecule has 3 aromatic rings. The van der Waals surface area contributed by atoms with Crippen molar-refractivity contribution in [2.24, 2.45) is 5.10 Å². The van der Waals surface area contributed by atoms with Crippen LogP contribution >= 0.6 is 0 Å². The summed E-state index contributed by atoms with van der Waals surface area (Å²) < 4.78 is 0. The van der Waals surface area contributed by atoms with Gasteiger partial charge in [0.25, 0.3) is 0 Å². The largest absolute Gasteiger partial charge is 0.478 e. The Kier molecular flexibility index (Phi) is 4.23. The van der Waals surface area contributed by atoms with Gasteiger partial charge in [0, 0.05) is 6.42 Å². The van der Waals surface area contributed by atoms with Crippen LogP contribution < -0.4 is 5.01 Å². The van der Waals surface area contributed by atoms with Gasteiger partial charge in [-0.15, -0.1) is 0 Å². The summed E-state index contributed by atoms with van der Waals surface area (Å²) in [6.07, 6.45) is 0.800. The third kappa shape index (κ3) is 3.09. The van der Waals surface area contributed by atoms with Gasteiger partial charge in [-0.2, -0.15) is 5.10 Å². The van der Waals surface area contributed by atoms with Crippen molar-refractivity contribution in [3.05, 3.63) is 102 Å². The number of benzene rings is 3. The highest BCUT2D eigenvalue weighted by Crippen LogP contribution is 2.36. The zero-order valence-electron chi connectivity index (χ0n) is 14.1. The van der Waals surface area contributed by atoms with Crippen molar-refractivity contribution in [1.29, 1.82) is 0 Å². The fraction of sp³-hybridized carbons (Fsp3) is 0.0909. The van der Waals surface area contributed by atoms with Gasteiger partial charge >= 0.3 is 5.97 Å². The molecule has 1 aliphatic heterocycles. The van der Waals surface area contributed by atoms with E-state index in [1.54, 1.807) is 12.1 Å². The van der Waals surface area contributed by atoms with Gasteiger partial charge in [-0.1, -0.05) is 60.7 Å². The first-order valence-corrected chi connectivity index (χ1v) is 8.53. The average Bonchev–Trinajstić information content (AvgIpc) is 3.15. The van der Waals surface area contributed by atoms with Crippen molar-refractivity contribution in [1.82, 2.24) is 0 Å². The number of nitrogens with zero attached hydrogens (tertiary/aromatic N) is 2. The topological polar surface area (TPSA) is 52.9 Å². The summed E-state index contributed by atoms with van der Waals surface area (Å²) in [5, 5.41) is 16.0. The van der Waals surface area contributed by atoms with Gasteiger partial charge in [0.2, 0.25) is 0 Å². The van der Waals surface area contributed by atoms with Crippen LogP contribution in [0.25, 0.3) is 0 Å². The minimum atomic E-state index is -0.925. The second-order valence-corrected chi connectivity index (χ2v) is 6.24. The first kappa shape index (κ1) is 16.1. The maximum atomic E-state index is 11.1. The fourth-order valence-corrected chi connectivity index (χ4v) is 3.24. The number of hydrazone groups is 1. The summed E-state index contributed by atoms with van der Waals surface area (Å²) >= 11 is 0. The van der Waals surface area contributed by atoms with Crippen molar-refractivity contribution >= 4 is 17.4 Å². The average molecular weight is 342 g/mol. The Balaban J connectivity index is 1.73. The van der Waals surface area contributed by atoms with Crippen LogP contribution in [0.3, 0.4) is 0 Å². The number of rotatable bonds is 4. The Morgan fingerprint density at radius 3 is 2.12 bits per heavy atom. The van der Waals surface area contributed by atoms with Crippen molar-refractivity contribution in [3.63, 3.8) is 0 Å². The molecule has 1 aliphatic rings. The number of hydrogen-bond acceptors (Lipinski definition) is 3. The van der Waals surface area contributed by atoms with E-state index in [0.29, 0.717) is 0 Å². The van der Waals surface area contributed by atoms with Gasteiger partial charge < -0.3 is 5.11 Å². The summed E-state index contributed by atoms with van der Waals surface area (Å²) in [6, 6.07) is 27.4. The van der Waals surface area contributed by atoms with Gasteiger partial charge in [0.15, 0.2) is 0 Å². The predicted molar refractivity (Wildman–Crippen MR) is 103 cm³/mol. The van der Waals surface area contributed by atoms with E-state index < -0.39 is 5.97 Å². The summed E-state index contributed by atoms with van der Waals surface area (Å²) in [7, 11) is 0. The fourth-order valence-electron chi connectivity index (χ4n) is 3.24. The molecule has 0 bridgehead atoms. The Hall–Kier alpha value is -3.40. The molecule has 0 spiro atoms. The summed E-state index contributed by atoms with van der Waals surface area (Å²) in [4.78, 5) is 11.1. The van der Waals surface area contributed by atoms with Gasteiger partial charge in [-0.05, 0) is 35.4 Å². The molecule has 26 heavy (non-hydrogen) atoms. The number of carboxylic acids is 1. The van der Waals surface area contributed by atoms with E-state index >= 15 is 0 Å². The molecule has 4 nitrogen and oxygen atoms in total. The lowest BCUT2D eigenvalue weighted by atomic mass is 9.98. The molecule has 0 aliphatic carbocycles. The number of carboxylic acid groups (broad SMARTS) is 1. The van der Waals surface area contributed by atoms with E-state index in [1.807, 2.05) is 53.5 Å². The van der Waals surface area contributed by atoms with Crippen LogP contribution in [0.15, 0.2) is 90.0 Å². The summed E-state index contributed by atoms with van der Waals surface area (Å²) in [5.74, 6) is -0.925. The molecule has 0 saturated heterocycles.